The number of tetrazole rings is 1. The number of thiophene rings is 1. The minimum Gasteiger partial charge on any atom is -0.321 e. The van der Waals surface area contributed by atoms with Crippen LogP contribution in [-0.4, -0.2) is 26.5 Å². The van der Waals surface area contributed by atoms with Gasteiger partial charge in [-0.05, 0) is 48.5 Å². The van der Waals surface area contributed by atoms with Gasteiger partial charge in [0.1, 0.15) is 0 Å². The van der Waals surface area contributed by atoms with Crippen LogP contribution in [-0.2, 0) is 0 Å². The summed E-state index contributed by atoms with van der Waals surface area (Å²) in [7, 11) is 0. The number of aromatic amines is 1. The van der Waals surface area contributed by atoms with E-state index in [1.54, 1.807) is 0 Å². The topological polar surface area (TPSA) is 83.6 Å². The molecule has 0 radical (unpaired) electrons. The molecule has 2 N–H and O–H groups in total. The largest absolute Gasteiger partial charge is 0.321 e. The van der Waals surface area contributed by atoms with Crippen molar-refractivity contribution in [2.24, 2.45) is 0 Å². The number of hydrogen-bond donors (Lipinski definition) is 2. The second-order valence-electron chi connectivity index (χ2n) is 4.18. The third kappa shape index (κ3) is 2.57. The summed E-state index contributed by atoms with van der Waals surface area (Å²) in [6.07, 6.45) is 0. The molecule has 2 heterocycles. The molecule has 0 atom stereocenters. The molecule has 0 bridgehead atoms. The second-order valence-corrected chi connectivity index (χ2v) is 5.47. The number of aromatic nitrogens is 4. The zero-order valence-corrected chi connectivity index (χ0v) is 11.4. The highest BCUT2D eigenvalue weighted by Crippen LogP contribution is 2.19. The first kappa shape index (κ1) is 12.5. The first-order valence-electron chi connectivity index (χ1n) is 5.94. The van der Waals surface area contributed by atoms with Crippen LogP contribution in [0.25, 0.3) is 11.4 Å². The number of H-pyrrole nitrogens is 1. The molecule has 3 rings (SSSR count). The number of amides is 1. The molecule has 0 aliphatic rings. The molecule has 0 unspecified atom stereocenters. The Bertz CT molecular complexity index is 718. The van der Waals surface area contributed by atoms with Gasteiger partial charge in [0, 0.05) is 16.1 Å². The fourth-order valence-corrected chi connectivity index (χ4v) is 2.50. The molecule has 0 fully saturated rings. The number of nitrogens with one attached hydrogen (secondary N) is 2. The van der Waals surface area contributed by atoms with Crippen molar-refractivity contribution in [1.29, 1.82) is 0 Å². The van der Waals surface area contributed by atoms with Crippen LogP contribution in [0.5, 0.6) is 0 Å². The number of benzene rings is 1. The van der Waals surface area contributed by atoms with Crippen molar-refractivity contribution in [2.45, 2.75) is 6.92 Å². The number of anilines is 1. The lowest BCUT2D eigenvalue weighted by molar-refractivity contribution is 0.103. The van der Waals surface area contributed by atoms with Crippen LogP contribution in [0, 0.1) is 6.92 Å². The van der Waals surface area contributed by atoms with E-state index >= 15 is 0 Å². The summed E-state index contributed by atoms with van der Waals surface area (Å²) in [6, 6.07) is 11.0. The molecule has 7 heteroatoms. The van der Waals surface area contributed by atoms with Crippen molar-refractivity contribution < 1.29 is 4.79 Å². The molecule has 6 nitrogen and oxygen atoms in total. The monoisotopic (exact) mass is 285 g/mol. The Morgan fingerprint density at radius 3 is 2.60 bits per heavy atom. The minimum atomic E-state index is -0.101. The van der Waals surface area contributed by atoms with Gasteiger partial charge in [0.2, 0.25) is 5.82 Å². The summed E-state index contributed by atoms with van der Waals surface area (Å²) in [4.78, 5) is 13.8. The average Bonchev–Trinajstić information content (AvgIpc) is 3.10. The highest BCUT2D eigenvalue weighted by molar-refractivity contribution is 7.14. The van der Waals surface area contributed by atoms with Gasteiger partial charge in [-0.15, -0.1) is 21.5 Å². The zero-order chi connectivity index (χ0) is 13.9. The van der Waals surface area contributed by atoms with Crippen LogP contribution >= 0.6 is 11.3 Å². The molecule has 2 aromatic heterocycles. The lowest BCUT2D eigenvalue weighted by Crippen LogP contribution is -2.09. The van der Waals surface area contributed by atoms with Gasteiger partial charge in [0.05, 0.1) is 4.88 Å². The Morgan fingerprint density at radius 1 is 1.20 bits per heavy atom. The lowest BCUT2D eigenvalue weighted by atomic mass is 10.2. The van der Waals surface area contributed by atoms with Gasteiger partial charge in [-0.2, -0.15) is 5.21 Å². The third-order valence-corrected chi connectivity index (χ3v) is 3.71. The Balaban J connectivity index is 1.74. The van der Waals surface area contributed by atoms with Crippen LogP contribution in [0.2, 0.25) is 0 Å². The number of carbonyl (C=O) groups excluding carboxylic acids is 1. The maximum Gasteiger partial charge on any atom is 0.265 e. The predicted octanol–water partition coefficient (Wildman–Crippen LogP) is 2.49. The smallest absolute Gasteiger partial charge is 0.265 e. The van der Waals surface area contributed by atoms with E-state index in [1.807, 2.05) is 43.3 Å². The molecular formula is C13H11N5OS. The first-order valence-corrected chi connectivity index (χ1v) is 6.76. The van der Waals surface area contributed by atoms with Gasteiger partial charge in [-0.1, -0.05) is 0 Å². The highest BCUT2D eigenvalue weighted by Gasteiger charge is 2.09. The van der Waals surface area contributed by atoms with Crippen molar-refractivity contribution in [3.8, 4) is 11.4 Å². The SMILES string of the molecule is Cc1ccc(C(=O)Nc2ccc(-c3nn[nH]n3)cc2)s1. The molecule has 0 spiro atoms. The van der Waals surface area contributed by atoms with Crippen molar-refractivity contribution in [3.05, 3.63) is 46.2 Å². The maximum atomic E-state index is 12.0. The quantitative estimate of drug-likeness (QED) is 0.774. The normalized spacial score (nSPS) is 10.4. The van der Waals surface area contributed by atoms with Gasteiger partial charge in [-0.25, -0.2) is 0 Å². The second kappa shape index (κ2) is 5.22. The summed E-state index contributed by atoms with van der Waals surface area (Å²) in [5.74, 6) is 0.423. The van der Waals surface area contributed by atoms with E-state index in [0.29, 0.717) is 10.7 Å². The lowest BCUT2D eigenvalue weighted by Gasteiger charge is -2.03. The van der Waals surface area contributed by atoms with Crippen LogP contribution in [0.15, 0.2) is 36.4 Å². The van der Waals surface area contributed by atoms with Crippen molar-refractivity contribution in [1.82, 2.24) is 20.6 Å². The van der Waals surface area contributed by atoms with Gasteiger partial charge < -0.3 is 5.32 Å². The molecule has 0 aliphatic carbocycles. The van der Waals surface area contributed by atoms with E-state index in [-0.39, 0.29) is 5.91 Å². The minimum absolute atomic E-state index is 0.101. The van der Waals surface area contributed by atoms with E-state index < -0.39 is 0 Å². The number of aryl methyl sites for hydroxylation is 1. The Hall–Kier alpha value is -2.54. The molecule has 1 amide bonds. The highest BCUT2D eigenvalue weighted by atomic mass is 32.1. The number of carbonyl (C=O) groups is 1. The standard InChI is InChI=1S/C13H11N5OS/c1-8-2-7-11(20-8)13(19)14-10-5-3-9(4-6-10)12-15-17-18-16-12/h2-7H,1H3,(H,14,19)(H,15,16,17,18). The summed E-state index contributed by atoms with van der Waals surface area (Å²) in [5.41, 5.74) is 1.57. The number of hydrogen-bond acceptors (Lipinski definition) is 5. The third-order valence-electron chi connectivity index (χ3n) is 2.71. The molecule has 0 saturated carbocycles. The van der Waals surface area contributed by atoms with E-state index in [1.165, 1.54) is 11.3 Å². The maximum absolute atomic E-state index is 12.0. The number of nitrogens with zero attached hydrogens (tertiary/aromatic N) is 3. The Labute approximate surface area is 118 Å². The molecular weight excluding hydrogens is 274 g/mol. The summed E-state index contributed by atoms with van der Waals surface area (Å²) in [6.45, 7) is 1.97. The summed E-state index contributed by atoms with van der Waals surface area (Å²) in [5, 5.41) is 16.5. The Morgan fingerprint density at radius 2 is 2.00 bits per heavy atom. The van der Waals surface area contributed by atoms with E-state index in [4.69, 9.17) is 0 Å². The van der Waals surface area contributed by atoms with Crippen molar-refractivity contribution in [2.75, 3.05) is 5.32 Å². The molecule has 3 aromatic rings. The van der Waals surface area contributed by atoms with Crippen LogP contribution in [0.1, 0.15) is 14.5 Å². The van der Waals surface area contributed by atoms with Crippen molar-refractivity contribution >= 4 is 22.9 Å². The Kier molecular flexibility index (Phi) is 3.26. The molecule has 0 saturated heterocycles. The molecule has 0 aliphatic heterocycles. The van der Waals surface area contributed by atoms with Crippen LogP contribution in [0.4, 0.5) is 5.69 Å². The average molecular weight is 285 g/mol. The molecule has 100 valence electrons. The van der Waals surface area contributed by atoms with E-state index in [9.17, 15) is 4.79 Å². The molecule has 1 aromatic carbocycles. The fourth-order valence-electron chi connectivity index (χ4n) is 1.74. The van der Waals surface area contributed by atoms with E-state index in [0.717, 1.165) is 16.1 Å². The van der Waals surface area contributed by atoms with Crippen LogP contribution < -0.4 is 5.32 Å². The summed E-state index contributed by atoms with van der Waals surface area (Å²) < 4.78 is 0. The first-order chi connectivity index (χ1) is 9.72. The van der Waals surface area contributed by atoms with Gasteiger partial charge >= 0.3 is 0 Å². The van der Waals surface area contributed by atoms with Gasteiger partial charge in [-0.3, -0.25) is 4.79 Å². The fraction of sp³-hybridized carbons (Fsp3) is 0.0769. The van der Waals surface area contributed by atoms with Crippen LogP contribution in [0.3, 0.4) is 0 Å². The zero-order valence-electron chi connectivity index (χ0n) is 10.6. The molecule has 20 heavy (non-hydrogen) atoms. The van der Waals surface area contributed by atoms with Crippen molar-refractivity contribution in [3.63, 3.8) is 0 Å². The number of rotatable bonds is 3. The predicted molar refractivity (Wildman–Crippen MR) is 76.6 cm³/mol. The van der Waals surface area contributed by atoms with Gasteiger partial charge in [0.15, 0.2) is 0 Å². The summed E-state index contributed by atoms with van der Waals surface area (Å²) >= 11 is 1.47. The van der Waals surface area contributed by atoms with E-state index in [2.05, 4.69) is 25.9 Å². The van der Waals surface area contributed by atoms with Gasteiger partial charge in [0.25, 0.3) is 5.91 Å².